The number of ketones is 1. The number of carbonyl (C=O) groups is 1. The summed E-state index contributed by atoms with van der Waals surface area (Å²) in [5.74, 6) is 0.725. The largest absolute Gasteiger partial charge is 0.380 e. The summed E-state index contributed by atoms with van der Waals surface area (Å²) in [4.78, 5) is 17.5. The van der Waals surface area contributed by atoms with Gasteiger partial charge in [-0.15, -0.1) is 0 Å². The van der Waals surface area contributed by atoms with Gasteiger partial charge in [0.1, 0.15) is 5.82 Å². The Kier molecular flexibility index (Phi) is 8.46. The Bertz CT molecular complexity index is 1160. The number of methoxy groups -OCH3 is 1. The SMILES string of the molecule is CCCC(/C=C(\C)c1nc2cc(F)c(C)c3c2c(c1CC(C)C)[C@@H](C)CC3)=C(\COC)C(C)=O. The molecule has 0 bridgehead atoms. The minimum Gasteiger partial charge on any atom is -0.380 e. The maximum atomic E-state index is 14.9. The van der Waals surface area contributed by atoms with Crippen molar-refractivity contribution in [2.24, 2.45) is 5.92 Å². The topological polar surface area (TPSA) is 39.2 Å². The number of nitrogens with zero attached hydrogens (tertiary/aromatic N) is 1. The number of rotatable bonds is 9. The van der Waals surface area contributed by atoms with Crippen LogP contribution in [0.3, 0.4) is 0 Å². The number of benzene rings is 1. The number of hydrogen-bond donors (Lipinski definition) is 0. The third-order valence-electron chi connectivity index (χ3n) is 7.06. The summed E-state index contributed by atoms with van der Waals surface area (Å²) in [6.45, 7) is 14.7. The van der Waals surface area contributed by atoms with E-state index in [0.717, 1.165) is 71.0 Å². The molecule has 1 heterocycles. The average molecular weight is 466 g/mol. The van der Waals surface area contributed by atoms with Crippen LogP contribution >= 0.6 is 0 Å². The Balaban J connectivity index is 2.36. The van der Waals surface area contributed by atoms with E-state index >= 15 is 0 Å². The van der Waals surface area contributed by atoms with Crippen molar-refractivity contribution < 1.29 is 13.9 Å². The molecule has 2 aromatic rings. The number of pyridine rings is 1. The fourth-order valence-corrected chi connectivity index (χ4v) is 5.42. The van der Waals surface area contributed by atoms with Crippen molar-refractivity contribution in [1.82, 2.24) is 4.98 Å². The van der Waals surface area contributed by atoms with Crippen LogP contribution in [-0.2, 0) is 22.4 Å². The Morgan fingerprint density at radius 2 is 2.03 bits per heavy atom. The maximum Gasteiger partial charge on any atom is 0.158 e. The molecule has 0 saturated heterocycles. The molecule has 0 aliphatic heterocycles. The summed E-state index contributed by atoms with van der Waals surface area (Å²) in [5.41, 5.74) is 8.94. The molecule has 184 valence electrons. The number of allylic oxidation sites excluding steroid dienone is 3. The first kappa shape index (κ1) is 26.3. The highest BCUT2D eigenvalue weighted by molar-refractivity contribution is 5.95. The molecule has 0 unspecified atom stereocenters. The first-order valence-corrected chi connectivity index (χ1v) is 12.7. The van der Waals surface area contributed by atoms with Crippen LogP contribution in [0.1, 0.15) is 94.7 Å². The van der Waals surface area contributed by atoms with Gasteiger partial charge in [-0.3, -0.25) is 4.79 Å². The predicted octanol–water partition coefficient (Wildman–Crippen LogP) is 7.67. The van der Waals surface area contributed by atoms with E-state index in [4.69, 9.17) is 9.72 Å². The molecule has 0 fully saturated rings. The highest BCUT2D eigenvalue weighted by Crippen LogP contribution is 2.43. The average Bonchev–Trinajstić information content (AvgIpc) is 2.76. The minimum atomic E-state index is -0.176. The van der Waals surface area contributed by atoms with Gasteiger partial charge in [-0.05, 0) is 91.7 Å². The molecule has 1 aliphatic rings. The summed E-state index contributed by atoms with van der Waals surface area (Å²) in [7, 11) is 1.62. The molecule has 0 saturated carbocycles. The van der Waals surface area contributed by atoms with E-state index in [0.29, 0.717) is 24.0 Å². The Morgan fingerprint density at radius 1 is 1.32 bits per heavy atom. The minimum absolute atomic E-state index is 0.0362. The molecule has 1 aromatic heterocycles. The van der Waals surface area contributed by atoms with E-state index < -0.39 is 0 Å². The Morgan fingerprint density at radius 3 is 2.62 bits per heavy atom. The molecule has 1 atom stereocenters. The van der Waals surface area contributed by atoms with Crippen LogP contribution in [0.4, 0.5) is 4.39 Å². The van der Waals surface area contributed by atoms with Crippen molar-refractivity contribution in [1.29, 1.82) is 0 Å². The zero-order chi connectivity index (χ0) is 25.2. The fourth-order valence-electron chi connectivity index (χ4n) is 5.42. The van der Waals surface area contributed by atoms with E-state index in [1.165, 1.54) is 11.1 Å². The number of ether oxygens (including phenoxy) is 1. The van der Waals surface area contributed by atoms with Crippen LogP contribution in [-0.4, -0.2) is 24.5 Å². The van der Waals surface area contributed by atoms with E-state index in [-0.39, 0.29) is 11.6 Å². The van der Waals surface area contributed by atoms with Gasteiger partial charge >= 0.3 is 0 Å². The first-order chi connectivity index (χ1) is 16.1. The molecular weight excluding hydrogens is 425 g/mol. The second-order valence-corrected chi connectivity index (χ2v) is 10.3. The lowest BCUT2D eigenvalue weighted by atomic mass is 9.77. The van der Waals surface area contributed by atoms with Gasteiger partial charge in [0.15, 0.2) is 5.78 Å². The number of Topliss-reactive ketones (excluding diaryl/α,β-unsaturated/α-hetero) is 1. The number of halogens is 1. The number of aryl methyl sites for hydroxylation is 1. The number of carbonyl (C=O) groups excluding carboxylic acids is 1. The van der Waals surface area contributed by atoms with E-state index in [9.17, 15) is 9.18 Å². The van der Waals surface area contributed by atoms with E-state index in [1.807, 2.05) is 6.92 Å². The third kappa shape index (κ3) is 5.17. The number of aromatic nitrogens is 1. The summed E-state index contributed by atoms with van der Waals surface area (Å²) >= 11 is 0. The summed E-state index contributed by atoms with van der Waals surface area (Å²) < 4.78 is 20.2. The zero-order valence-corrected chi connectivity index (χ0v) is 22.2. The van der Waals surface area contributed by atoms with Gasteiger partial charge in [0.25, 0.3) is 0 Å². The molecular formula is C30H40FNO2. The van der Waals surface area contributed by atoms with Crippen molar-refractivity contribution in [3.63, 3.8) is 0 Å². The molecule has 1 aromatic carbocycles. The Hall–Kier alpha value is -2.33. The van der Waals surface area contributed by atoms with Crippen molar-refractivity contribution in [3.05, 3.63) is 57.1 Å². The zero-order valence-electron chi connectivity index (χ0n) is 22.2. The molecule has 0 amide bonds. The highest BCUT2D eigenvalue weighted by Gasteiger charge is 2.28. The number of hydrogen-bond acceptors (Lipinski definition) is 3. The molecule has 0 radical (unpaired) electrons. The predicted molar refractivity (Wildman–Crippen MR) is 140 cm³/mol. The van der Waals surface area contributed by atoms with Gasteiger partial charge in [-0.2, -0.15) is 0 Å². The van der Waals surface area contributed by atoms with Crippen LogP contribution in [0.15, 0.2) is 23.3 Å². The summed E-state index contributed by atoms with van der Waals surface area (Å²) in [6, 6.07) is 1.61. The summed E-state index contributed by atoms with van der Waals surface area (Å²) in [5, 5.41) is 1.16. The normalized spacial score (nSPS) is 16.9. The third-order valence-corrected chi connectivity index (χ3v) is 7.06. The van der Waals surface area contributed by atoms with Gasteiger partial charge < -0.3 is 4.74 Å². The molecule has 34 heavy (non-hydrogen) atoms. The van der Waals surface area contributed by atoms with Gasteiger partial charge in [-0.25, -0.2) is 9.37 Å². The van der Waals surface area contributed by atoms with Crippen molar-refractivity contribution in [2.75, 3.05) is 13.7 Å². The van der Waals surface area contributed by atoms with Gasteiger partial charge in [-0.1, -0.05) is 40.2 Å². The van der Waals surface area contributed by atoms with Crippen LogP contribution in [0, 0.1) is 18.7 Å². The highest BCUT2D eigenvalue weighted by atomic mass is 19.1. The van der Waals surface area contributed by atoms with Crippen LogP contribution in [0.5, 0.6) is 0 Å². The van der Waals surface area contributed by atoms with E-state index in [2.05, 4.69) is 40.7 Å². The van der Waals surface area contributed by atoms with Gasteiger partial charge in [0, 0.05) is 24.1 Å². The molecule has 4 heteroatoms. The first-order valence-electron chi connectivity index (χ1n) is 12.7. The lowest BCUT2D eigenvalue weighted by Gasteiger charge is -2.29. The van der Waals surface area contributed by atoms with Crippen molar-refractivity contribution in [3.8, 4) is 0 Å². The maximum absolute atomic E-state index is 14.9. The smallest absolute Gasteiger partial charge is 0.158 e. The van der Waals surface area contributed by atoms with Gasteiger partial charge in [0.2, 0.25) is 0 Å². The second kappa shape index (κ2) is 10.9. The van der Waals surface area contributed by atoms with Crippen molar-refractivity contribution in [2.45, 2.75) is 86.5 Å². The second-order valence-electron chi connectivity index (χ2n) is 10.3. The lowest BCUT2D eigenvalue weighted by Crippen LogP contribution is -2.16. The molecule has 0 N–H and O–H groups in total. The standard InChI is InChI=1S/C30H40FNO2/c1-9-10-22(25(16-34-8)21(7)33)14-19(5)30-24(13-17(2)3)28-18(4)11-12-23-20(6)26(31)15-27(32-30)29(23)28/h14-15,17-18H,9-13,16H2,1-8H3/b19-14+,25-22-/t18-/m0/s1. The molecule has 1 aliphatic carbocycles. The lowest BCUT2D eigenvalue weighted by molar-refractivity contribution is -0.114. The Labute approximate surface area is 204 Å². The quantitative estimate of drug-likeness (QED) is 0.282. The molecule has 3 nitrogen and oxygen atoms in total. The van der Waals surface area contributed by atoms with Gasteiger partial charge in [0.05, 0.1) is 17.8 Å². The van der Waals surface area contributed by atoms with E-state index in [1.54, 1.807) is 20.1 Å². The van der Waals surface area contributed by atoms with Crippen LogP contribution < -0.4 is 0 Å². The molecule has 0 spiro atoms. The fraction of sp³-hybridized carbons (Fsp3) is 0.533. The monoisotopic (exact) mass is 465 g/mol. The summed E-state index contributed by atoms with van der Waals surface area (Å²) in [6.07, 6.45) is 6.68. The van der Waals surface area contributed by atoms with Crippen molar-refractivity contribution >= 4 is 22.3 Å². The van der Waals surface area contributed by atoms with Crippen LogP contribution in [0.2, 0.25) is 0 Å². The van der Waals surface area contributed by atoms with Crippen LogP contribution in [0.25, 0.3) is 16.5 Å². The molecule has 3 rings (SSSR count).